The molecule has 2 rings (SSSR count). The molecule has 0 atom stereocenters. The van der Waals surface area contributed by atoms with Crippen molar-refractivity contribution in [3.8, 4) is 5.75 Å². The molecular formula is C16H20BrN3O2. The van der Waals surface area contributed by atoms with Crippen molar-refractivity contribution in [3.63, 3.8) is 0 Å². The van der Waals surface area contributed by atoms with Crippen LogP contribution in [0.15, 0.2) is 27.6 Å². The maximum atomic E-state index is 11.9. The molecule has 1 heterocycles. The average Bonchev–Trinajstić information content (AvgIpc) is 2.44. The van der Waals surface area contributed by atoms with E-state index in [9.17, 15) is 4.79 Å². The van der Waals surface area contributed by atoms with Crippen LogP contribution in [0, 0.1) is 13.8 Å². The van der Waals surface area contributed by atoms with E-state index in [1.54, 1.807) is 20.4 Å². The Morgan fingerprint density at radius 1 is 1.32 bits per heavy atom. The van der Waals surface area contributed by atoms with Crippen molar-refractivity contribution in [2.45, 2.75) is 20.4 Å². The average molecular weight is 366 g/mol. The Hall–Kier alpha value is -1.82. The first kappa shape index (κ1) is 16.5. The molecule has 22 heavy (non-hydrogen) atoms. The predicted octanol–water partition coefficient (Wildman–Crippen LogP) is 2.80. The van der Waals surface area contributed by atoms with Gasteiger partial charge in [0.05, 0.1) is 19.0 Å². The van der Waals surface area contributed by atoms with E-state index in [0.717, 1.165) is 28.1 Å². The summed E-state index contributed by atoms with van der Waals surface area (Å²) in [6, 6.07) is 4.20. The highest BCUT2D eigenvalue weighted by atomic mass is 79.9. The second-order valence-corrected chi connectivity index (χ2v) is 6.18. The van der Waals surface area contributed by atoms with E-state index in [1.807, 2.05) is 25.8 Å². The minimum absolute atomic E-state index is 0.147. The molecule has 0 saturated carbocycles. The molecule has 0 aliphatic rings. The maximum Gasteiger partial charge on any atom is 0.282 e. The fourth-order valence-electron chi connectivity index (χ4n) is 2.58. The zero-order valence-corrected chi connectivity index (χ0v) is 15.1. The molecule has 118 valence electrons. The Kier molecular flexibility index (Phi) is 4.90. The Labute approximate surface area is 138 Å². The molecule has 0 N–H and O–H groups in total. The quantitative estimate of drug-likeness (QED) is 0.835. The molecule has 1 aromatic carbocycles. The van der Waals surface area contributed by atoms with Crippen molar-refractivity contribution in [1.29, 1.82) is 0 Å². The van der Waals surface area contributed by atoms with Crippen LogP contribution < -0.4 is 15.2 Å². The monoisotopic (exact) mass is 365 g/mol. The Balaban J connectivity index is 2.32. The lowest BCUT2D eigenvalue weighted by Crippen LogP contribution is -2.25. The summed E-state index contributed by atoms with van der Waals surface area (Å²) in [6.45, 7) is 4.75. The summed E-state index contributed by atoms with van der Waals surface area (Å²) >= 11 is 3.36. The van der Waals surface area contributed by atoms with Gasteiger partial charge in [0.15, 0.2) is 0 Å². The lowest BCUT2D eigenvalue weighted by Gasteiger charge is -2.21. The first-order chi connectivity index (χ1) is 10.3. The number of hydrogen-bond acceptors (Lipinski definition) is 4. The van der Waals surface area contributed by atoms with E-state index in [4.69, 9.17) is 4.74 Å². The number of nitrogens with zero attached hydrogens (tertiary/aromatic N) is 3. The van der Waals surface area contributed by atoms with E-state index < -0.39 is 0 Å². The van der Waals surface area contributed by atoms with Crippen LogP contribution >= 0.6 is 15.9 Å². The van der Waals surface area contributed by atoms with Crippen LogP contribution in [0.25, 0.3) is 0 Å². The Morgan fingerprint density at radius 2 is 1.91 bits per heavy atom. The molecule has 2 aromatic rings. The van der Waals surface area contributed by atoms with Crippen LogP contribution in [-0.2, 0) is 13.6 Å². The largest absolute Gasteiger partial charge is 0.496 e. The van der Waals surface area contributed by atoms with Crippen LogP contribution in [0.4, 0.5) is 5.69 Å². The van der Waals surface area contributed by atoms with Gasteiger partial charge in [-0.15, -0.1) is 0 Å². The number of benzene rings is 1. The van der Waals surface area contributed by atoms with Crippen molar-refractivity contribution >= 4 is 21.6 Å². The SMILES string of the molecule is COc1c(C)cc(CN(C)c2cnn(C)c(=O)c2Br)cc1C. The third-order valence-electron chi connectivity index (χ3n) is 3.62. The Bertz CT molecular complexity index is 733. The van der Waals surface area contributed by atoms with Crippen molar-refractivity contribution in [2.75, 3.05) is 19.1 Å². The summed E-state index contributed by atoms with van der Waals surface area (Å²) in [5, 5.41) is 4.08. The van der Waals surface area contributed by atoms with Crippen LogP contribution in [0.1, 0.15) is 16.7 Å². The number of halogens is 1. The van der Waals surface area contributed by atoms with Crippen LogP contribution in [0.3, 0.4) is 0 Å². The van der Waals surface area contributed by atoms with E-state index in [2.05, 4.69) is 33.2 Å². The van der Waals surface area contributed by atoms with E-state index in [1.165, 1.54) is 4.68 Å². The molecule has 0 spiro atoms. The molecule has 0 amide bonds. The van der Waals surface area contributed by atoms with Gasteiger partial charge in [0.1, 0.15) is 10.2 Å². The molecule has 0 radical (unpaired) electrons. The highest BCUT2D eigenvalue weighted by Gasteiger charge is 2.13. The van der Waals surface area contributed by atoms with Crippen molar-refractivity contribution < 1.29 is 4.74 Å². The molecule has 0 bridgehead atoms. The summed E-state index contributed by atoms with van der Waals surface area (Å²) < 4.78 is 7.22. The predicted molar refractivity (Wildman–Crippen MR) is 91.8 cm³/mol. The first-order valence-corrected chi connectivity index (χ1v) is 7.71. The van der Waals surface area contributed by atoms with Gasteiger partial charge in [-0.25, -0.2) is 4.68 Å². The van der Waals surface area contributed by atoms with Crippen LogP contribution in [0.2, 0.25) is 0 Å². The van der Waals surface area contributed by atoms with Crippen LogP contribution in [-0.4, -0.2) is 23.9 Å². The van der Waals surface area contributed by atoms with E-state index in [-0.39, 0.29) is 5.56 Å². The molecule has 0 aliphatic heterocycles. The zero-order chi connectivity index (χ0) is 16.4. The topological polar surface area (TPSA) is 47.4 Å². The highest BCUT2D eigenvalue weighted by molar-refractivity contribution is 9.10. The number of ether oxygens (including phenoxy) is 1. The van der Waals surface area contributed by atoms with Gasteiger partial charge in [-0.1, -0.05) is 12.1 Å². The van der Waals surface area contributed by atoms with Crippen molar-refractivity contribution in [1.82, 2.24) is 9.78 Å². The second kappa shape index (κ2) is 6.52. The van der Waals surface area contributed by atoms with Crippen LogP contribution in [0.5, 0.6) is 5.75 Å². The van der Waals surface area contributed by atoms with Gasteiger partial charge < -0.3 is 9.64 Å². The maximum absolute atomic E-state index is 11.9. The summed E-state index contributed by atoms with van der Waals surface area (Å²) in [6.07, 6.45) is 1.69. The van der Waals surface area contributed by atoms with Crippen molar-refractivity contribution in [2.24, 2.45) is 7.05 Å². The van der Waals surface area contributed by atoms with Gasteiger partial charge in [0.2, 0.25) is 0 Å². The molecule has 0 saturated heterocycles. The van der Waals surface area contributed by atoms with Gasteiger partial charge >= 0.3 is 0 Å². The molecule has 0 unspecified atom stereocenters. The summed E-state index contributed by atoms with van der Waals surface area (Å²) in [7, 11) is 5.26. The van der Waals surface area contributed by atoms with Gasteiger partial charge in [0, 0.05) is 20.6 Å². The van der Waals surface area contributed by atoms with Crippen molar-refractivity contribution in [3.05, 3.63) is 49.8 Å². The van der Waals surface area contributed by atoms with Gasteiger partial charge in [-0.2, -0.15) is 5.10 Å². The third-order valence-corrected chi connectivity index (χ3v) is 4.36. The fourth-order valence-corrected chi connectivity index (χ4v) is 3.24. The number of methoxy groups -OCH3 is 1. The highest BCUT2D eigenvalue weighted by Crippen LogP contribution is 2.27. The second-order valence-electron chi connectivity index (χ2n) is 5.39. The molecular weight excluding hydrogens is 346 g/mol. The number of aromatic nitrogens is 2. The summed E-state index contributed by atoms with van der Waals surface area (Å²) in [4.78, 5) is 13.9. The van der Waals surface area contributed by atoms with Gasteiger partial charge in [-0.05, 0) is 46.5 Å². The minimum atomic E-state index is -0.147. The van der Waals surface area contributed by atoms with Gasteiger partial charge in [0.25, 0.3) is 5.56 Å². The smallest absolute Gasteiger partial charge is 0.282 e. The number of anilines is 1. The minimum Gasteiger partial charge on any atom is -0.496 e. The molecule has 1 aromatic heterocycles. The molecule has 5 nitrogen and oxygen atoms in total. The van der Waals surface area contributed by atoms with Gasteiger partial charge in [-0.3, -0.25) is 4.79 Å². The Morgan fingerprint density at radius 3 is 2.45 bits per heavy atom. The number of aryl methyl sites for hydroxylation is 3. The standard InChI is InChI=1S/C16H20BrN3O2/c1-10-6-12(7-11(2)15(10)22-5)9-19(3)13-8-18-20(4)16(21)14(13)17/h6-8H,9H2,1-5H3. The first-order valence-electron chi connectivity index (χ1n) is 6.92. The third kappa shape index (κ3) is 3.16. The zero-order valence-electron chi connectivity index (χ0n) is 13.5. The fraction of sp³-hybridized carbons (Fsp3) is 0.375. The number of rotatable bonds is 4. The molecule has 0 aliphatic carbocycles. The number of hydrogen-bond donors (Lipinski definition) is 0. The lowest BCUT2D eigenvalue weighted by molar-refractivity contribution is 0.408. The lowest BCUT2D eigenvalue weighted by atomic mass is 10.1. The molecule has 6 heteroatoms. The van der Waals surface area contributed by atoms with E-state index >= 15 is 0 Å². The normalized spacial score (nSPS) is 10.6. The van der Waals surface area contributed by atoms with E-state index in [0.29, 0.717) is 11.0 Å². The summed E-state index contributed by atoms with van der Waals surface area (Å²) in [5.74, 6) is 0.919. The summed E-state index contributed by atoms with van der Waals surface area (Å²) in [5.41, 5.74) is 3.99. The molecule has 0 fully saturated rings.